The molecule has 1 N–H and O–H groups in total. The first-order chi connectivity index (χ1) is 15.0. The third-order valence-corrected chi connectivity index (χ3v) is 5.85. The predicted octanol–water partition coefficient (Wildman–Crippen LogP) is 3.13. The molecule has 0 radical (unpaired) electrons. The molecular weight excluding hydrogens is 408 g/mol. The van der Waals surface area contributed by atoms with Crippen molar-refractivity contribution in [3.8, 4) is 17.5 Å². The number of piperazine rings is 1. The maximum atomic E-state index is 13.0. The van der Waals surface area contributed by atoms with Crippen molar-refractivity contribution >= 4 is 18.1 Å². The first-order valence-corrected chi connectivity index (χ1v) is 10.7. The second kappa shape index (κ2) is 9.25. The highest BCUT2D eigenvalue weighted by Gasteiger charge is 2.22. The monoisotopic (exact) mass is 432 g/mol. The van der Waals surface area contributed by atoms with Gasteiger partial charge in [-0.3, -0.25) is 19.4 Å². The second-order valence-electron chi connectivity index (χ2n) is 7.77. The van der Waals surface area contributed by atoms with Gasteiger partial charge in [0.1, 0.15) is 6.54 Å². The largest absolute Gasteiger partial charge is 0.339 e. The summed E-state index contributed by atoms with van der Waals surface area (Å²) < 4.78 is 2.22. The number of rotatable bonds is 5. The molecule has 0 bridgehead atoms. The Morgan fingerprint density at radius 2 is 1.90 bits per heavy atom. The lowest BCUT2D eigenvalue weighted by Crippen LogP contribution is -2.49. The van der Waals surface area contributed by atoms with Crippen LogP contribution in [0.2, 0.25) is 0 Å². The number of nitrogens with zero attached hydrogens (tertiary/aromatic N) is 5. The van der Waals surface area contributed by atoms with Gasteiger partial charge in [-0.2, -0.15) is 10.4 Å². The molecule has 7 nitrogen and oxygen atoms in total. The van der Waals surface area contributed by atoms with Crippen LogP contribution in [0.25, 0.3) is 11.4 Å². The number of carbonyl (C=O) groups is 1. The first-order valence-electron chi connectivity index (χ1n) is 10.2. The van der Waals surface area contributed by atoms with E-state index < -0.39 is 0 Å². The number of aryl methyl sites for hydroxylation is 1. The molecule has 0 unspecified atom stereocenters. The van der Waals surface area contributed by atoms with Crippen LogP contribution in [0.1, 0.15) is 16.7 Å². The molecule has 0 atom stereocenters. The van der Waals surface area contributed by atoms with E-state index >= 15 is 0 Å². The van der Waals surface area contributed by atoms with Gasteiger partial charge in [-0.05, 0) is 42.9 Å². The number of benzene rings is 2. The van der Waals surface area contributed by atoms with Crippen LogP contribution in [-0.4, -0.2) is 56.7 Å². The molecule has 2 aromatic carbocycles. The molecule has 3 aromatic rings. The van der Waals surface area contributed by atoms with E-state index in [-0.39, 0.29) is 12.5 Å². The minimum absolute atomic E-state index is 0.0458. The molecule has 1 fully saturated rings. The van der Waals surface area contributed by atoms with Crippen molar-refractivity contribution in [1.82, 2.24) is 24.6 Å². The van der Waals surface area contributed by atoms with Gasteiger partial charge in [0.2, 0.25) is 5.91 Å². The van der Waals surface area contributed by atoms with Crippen molar-refractivity contribution < 1.29 is 4.79 Å². The smallest absolute Gasteiger partial charge is 0.242 e. The Labute approximate surface area is 186 Å². The molecule has 2 heterocycles. The van der Waals surface area contributed by atoms with E-state index in [4.69, 9.17) is 17.5 Å². The fraction of sp³-hybridized carbons (Fsp3) is 0.304. The molecule has 1 aliphatic heterocycles. The fourth-order valence-electron chi connectivity index (χ4n) is 3.80. The molecule has 1 aliphatic rings. The van der Waals surface area contributed by atoms with E-state index in [0.29, 0.717) is 29.2 Å². The van der Waals surface area contributed by atoms with Crippen LogP contribution in [0.15, 0.2) is 48.5 Å². The second-order valence-corrected chi connectivity index (χ2v) is 8.16. The quantitative estimate of drug-likeness (QED) is 0.627. The number of H-pyrrole nitrogens is 1. The molecule has 1 amide bonds. The summed E-state index contributed by atoms with van der Waals surface area (Å²) in [6.07, 6.45) is 0. The minimum Gasteiger partial charge on any atom is -0.339 e. The predicted molar refractivity (Wildman–Crippen MR) is 121 cm³/mol. The van der Waals surface area contributed by atoms with Crippen molar-refractivity contribution in [2.24, 2.45) is 0 Å². The summed E-state index contributed by atoms with van der Waals surface area (Å²) in [6, 6.07) is 17.8. The number of hydrogen-bond acceptors (Lipinski definition) is 5. The van der Waals surface area contributed by atoms with Gasteiger partial charge in [-0.25, -0.2) is 0 Å². The topological polar surface area (TPSA) is 81.0 Å². The molecule has 158 valence electrons. The number of amides is 1. The zero-order valence-electron chi connectivity index (χ0n) is 17.4. The number of carbonyl (C=O) groups excluding carboxylic acids is 1. The highest BCUT2D eigenvalue weighted by molar-refractivity contribution is 7.71. The number of hydrogen-bond donors (Lipinski definition) is 1. The van der Waals surface area contributed by atoms with Crippen molar-refractivity contribution in [2.45, 2.75) is 20.0 Å². The molecule has 31 heavy (non-hydrogen) atoms. The van der Waals surface area contributed by atoms with Crippen LogP contribution < -0.4 is 0 Å². The Morgan fingerprint density at radius 1 is 1.16 bits per heavy atom. The van der Waals surface area contributed by atoms with E-state index in [1.807, 2.05) is 60.4 Å². The van der Waals surface area contributed by atoms with Gasteiger partial charge in [0.05, 0.1) is 11.6 Å². The number of nitriles is 1. The molecular formula is C23H24N6OS. The van der Waals surface area contributed by atoms with Crippen molar-refractivity contribution in [1.29, 1.82) is 5.26 Å². The van der Waals surface area contributed by atoms with Gasteiger partial charge in [0, 0.05) is 38.3 Å². The van der Waals surface area contributed by atoms with E-state index in [9.17, 15) is 4.79 Å². The lowest BCUT2D eigenvalue weighted by Gasteiger charge is -2.35. The number of aromatic amines is 1. The van der Waals surface area contributed by atoms with Crippen LogP contribution in [-0.2, 0) is 17.9 Å². The lowest BCUT2D eigenvalue weighted by molar-refractivity contribution is -0.133. The Morgan fingerprint density at radius 3 is 2.58 bits per heavy atom. The number of nitrogens with one attached hydrogen (secondary N) is 1. The maximum Gasteiger partial charge on any atom is 0.242 e. The average molecular weight is 433 g/mol. The maximum absolute atomic E-state index is 13.0. The Kier molecular flexibility index (Phi) is 6.26. The van der Waals surface area contributed by atoms with Crippen LogP contribution >= 0.6 is 12.2 Å². The fourth-order valence-corrected chi connectivity index (χ4v) is 4.00. The summed E-state index contributed by atoms with van der Waals surface area (Å²) in [5.41, 5.74) is 3.91. The van der Waals surface area contributed by atoms with Gasteiger partial charge in [0.15, 0.2) is 10.6 Å². The van der Waals surface area contributed by atoms with Gasteiger partial charge >= 0.3 is 0 Å². The van der Waals surface area contributed by atoms with Gasteiger partial charge in [-0.15, -0.1) is 0 Å². The minimum atomic E-state index is 0.0458. The molecule has 4 rings (SSSR count). The molecule has 0 aliphatic carbocycles. The van der Waals surface area contributed by atoms with E-state index in [1.165, 1.54) is 5.56 Å². The van der Waals surface area contributed by atoms with Crippen molar-refractivity contribution in [2.75, 3.05) is 26.2 Å². The standard InChI is InChI=1S/C23H24N6OS/c1-17-3-2-4-20(13-17)22-25-26-23(31)29(22)16-21(30)28-11-9-27(10-12-28)15-19-7-5-18(14-24)6-8-19/h2-8,13H,9-12,15-16H2,1H3,(H,26,31). The lowest BCUT2D eigenvalue weighted by atomic mass is 10.1. The summed E-state index contributed by atoms with van der Waals surface area (Å²) in [5.74, 6) is 0.728. The zero-order valence-corrected chi connectivity index (χ0v) is 18.2. The summed E-state index contributed by atoms with van der Waals surface area (Å²) in [6.45, 7) is 6.00. The third kappa shape index (κ3) is 4.90. The highest BCUT2D eigenvalue weighted by Crippen LogP contribution is 2.19. The van der Waals surface area contributed by atoms with Crippen LogP contribution in [0.3, 0.4) is 0 Å². The van der Waals surface area contributed by atoms with Crippen LogP contribution in [0, 0.1) is 23.0 Å². The van der Waals surface area contributed by atoms with Crippen molar-refractivity contribution in [3.05, 3.63) is 70.0 Å². The SMILES string of the molecule is Cc1cccc(-c2n[nH]c(=S)n2CC(=O)N2CCN(Cc3ccc(C#N)cc3)CC2)c1. The van der Waals surface area contributed by atoms with E-state index in [2.05, 4.69) is 21.2 Å². The third-order valence-electron chi connectivity index (χ3n) is 5.54. The summed E-state index contributed by atoms with van der Waals surface area (Å²) in [5, 5.41) is 16.1. The normalized spacial score (nSPS) is 14.4. The molecule has 0 spiro atoms. The van der Waals surface area contributed by atoms with Gasteiger partial charge in [0.25, 0.3) is 0 Å². The Bertz CT molecular complexity index is 1170. The van der Waals surface area contributed by atoms with E-state index in [1.54, 1.807) is 4.57 Å². The molecule has 8 heteroatoms. The number of aromatic nitrogens is 3. The average Bonchev–Trinajstić information content (AvgIpc) is 3.15. The molecule has 1 aromatic heterocycles. The molecule has 1 saturated heterocycles. The summed E-state index contributed by atoms with van der Waals surface area (Å²) in [7, 11) is 0. The molecule has 0 saturated carbocycles. The zero-order chi connectivity index (χ0) is 21.8. The highest BCUT2D eigenvalue weighted by atomic mass is 32.1. The van der Waals surface area contributed by atoms with E-state index in [0.717, 1.165) is 30.8 Å². The van der Waals surface area contributed by atoms with Gasteiger partial charge < -0.3 is 4.90 Å². The van der Waals surface area contributed by atoms with Gasteiger partial charge in [-0.1, -0.05) is 35.9 Å². The van der Waals surface area contributed by atoms with Crippen LogP contribution in [0.5, 0.6) is 0 Å². The summed E-state index contributed by atoms with van der Waals surface area (Å²) in [4.78, 5) is 17.2. The Hall–Kier alpha value is -3.28. The van der Waals surface area contributed by atoms with Crippen LogP contribution in [0.4, 0.5) is 0 Å². The summed E-state index contributed by atoms with van der Waals surface area (Å²) >= 11 is 5.38. The first kappa shape index (κ1) is 21.0. The Balaban J connectivity index is 1.37. The van der Waals surface area contributed by atoms with Crippen molar-refractivity contribution in [3.63, 3.8) is 0 Å².